The number of carbonyl (C=O) groups is 3. The van der Waals surface area contributed by atoms with Gasteiger partial charge in [0.1, 0.15) is 11.6 Å². The van der Waals surface area contributed by atoms with E-state index in [2.05, 4.69) is 17.6 Å². The van der Waals surface area contributed by atoms with Crippen LogP contribution in [-0.4, -0.2) is 66.7 Å². The van der Waals surface area contributed by atoms with Crippen molar-refractivity contribution in [1.29, 1.82) is 0 Å². The average molecular weight is 496 g/mol. The van der Waals surface area contributed by atoms with Crippen LogP contribution in [0, 0.1) is 24.7 Å². The number of anilines is 1. The van der Waals surface area contributed by atoms with Gasteiger partial charge in [-0.25, -0.2) is 0 Å². The van der Waals surface area contributed by atoms with E-state index in [0.29, 0.717) is 31.2 Å². The number of fused-ring (bicyclic) bond motifs is 1. The van der Waals surface area contributed by atoms with Gasteiger partial charge in [-0.2, -0.15) is 0 Å². The smallest absolute Gasteiger partial charge is 0.246 e. The van der Waals surface area contributed by atoms with Gasteiger partial charge in [0.25, 0.3) is 0 Å². The summed E-state index contributed by atoms with van der Waals surface area (Å²) in [4.78, 5) is 42.8. The van der Waals surface area contributed by atoms with E-state index in [0.717, 1.165) is 24.8 Å². The van der Waals surface area contributed by atoms with Crippen LogP contribution in [0.3, 0.4) is 0 Å². The van der Waals surface area contributed by atoms with Crippen LogP contribution >= 0.6 is 0 Å². The molecule has 194 valence electrons. The van der Waals surface area contributed by atoms with Gasteiger partial charge in [0.05, 0.1) is 17.9 Å². The highest BCUT2D eigenvalue weighted by molar-refractivity contribution is 6.02. The van der Waals surface area contributed by atoms with Gasteiger partial charge >= 0.3 is 0 Å². The second kappa shape index (κ2) is 9.98. The van der Waals surface area contributed by atoms with E-state index >= 15 is 0 Å². The molecule has 2 N–H and O–H groups in total. The Morgan fingerprint density at radius 1 is 1.22 bits per heavy atom. The first kappa shape index (κ1) is 25.0. The maximum atomic E-state index is 13.9. The van der Waals surface area contributed by atoms with Crippen LogP contribution in [0.4, 0.5) is 5.69 Å². The van der Waals surface area contributed by atoms with E-state index in [1.54, 1.807) is 12.0 Å². The molecule has 3 amide bonds. The zero-order chi connectivity index (χ0) is 25.4. The Morgan fingerprint density at radius 3 is 2.78 bits per heavy atom. The zero-order valence-electron chi connectivity index (χ0n) is 21.4. The van der Waals surface area contributed by atoms with Gasteiger partial charge in [-0.1, -0.05) is 44.1 Å². The second-order valence-electron chi connectivity index (χ2n) is 10.8. The molecule has 3 heterocycles. The minimum atomic E-state index is -1.13. The summed E-state index contributed by atoms with van der Waals surface area (Å²) >= 11 is 0. The topological polar surface area (TPSA) is 97.0 Å². The molecule has 0 aromatic heterocycles. The lowest BCUT2D eigenvalue weighted by molar-refractivity contribution is -0.141. The molecule has 1 saturated carbocycles. The van der Waals surface area contributed by atoms with Crippen LogP contribution in [0.1, 0.15) is 44.6 Å². The van der Waals surface area contributed by atoms with Crippen molar-refractivity contribution in [2.24, 2.45) is 17.8 Å². The highest BCUT2D eigenvalue weighted by atomic mass is 16.5. The molecule has 1 aliphatic carbocycles. The van der Waals surface area contributed by atoms with Crippen molar-refractivity contribution in [3.05, 3.63) is 42.0 Å². The summed E-state index contributed by atoms with van der Waals surface area (Å²) in [6.45, 7) is 4.98. The second-order valence-corrected chi connectivity index (χ2v) is 10.8. The molecule has 4 aliphatic rings. The minimum Gasteiger partial charge on any atom is -0.385 e. The maximum Gasteiger partial charge on any atom is 0.246 e. The third-order valence-corrected chi connectivity index (χ3v) is 8.40. The van der Waals surface area contributed by atoms with Crippen LogP contribution in [0.25, 0.3) is 0 Å². The number of hydrogen-bond donors (Lipinski definition) is 2. The molecule has 36 heavy (non-hydrogen) atoms. The Bertz CT molecular complexity index is 1060. The molecule has 1 aromatic carbocycles. The molecule has 3 aliphatic heterocycles. The fraction of sp³-hybridized carbons (Fsp3) is 0.607. The number of hydrogen-bond acceptors (Lipinski definition) is 5. The van der Waals surface area contributed by atoms with Crippen LogP contribution in [0.15, 0.2) is 36.4 Å². The van der Waals surface area contributed by atoms with Crippen molar-refractivity contribution in [1.82, 2.24) is 10.2 Å². The molecule has 8 nitrogen and oxygen atoms in total. The number of aryl methyl sites for hydroxylation is 1. The first-order chi connectivity index (χ1) is 17.4. The highest BCUT2D eigenvalue weighted by Crippen LogP contribution is 2.55. The van der Waals surface area contributed by atoms with E-state index in [4.69, 9.17) is 9.47 Å². The summed E-state index contributed by atoms with van der Waals surface area (Å²) in [6.07, 6.45) is 8.07. The van der Waals surface area contributed by atoms with Gasteiger partial charge in [-0.05, 0) is 49.8 Å². The van der Waals surface area contributed by atoms with Gasteiger partial charge < -0.3 is 25.0 Å². The lowest BCUT2D eigenvalue weighted by Crippen LogP contribution is -2.57. The summed E-state index contributed by atoms with van der Waals surface area (Å²) in [6, 6.07) is 6.85. The van der Waals surface area contributed by atoms with E-state index in [-0.39, 0.29) is 23.8 Å². The Labute approximate surface area is 212 Å². The molecule has 1 aromatic rings. The molecule has 0 radical (unpaired) electrons. The van der Waals surface area contributed by atoms with Crippen molar-refractivity contribution in [2.75, 3.05) is 25.6 Å². The van der Waals surface area contributed by atoms with Gasteiger partial charge in [0, 0.05) is 32.0 Å². The van der Waals surface area contributed by atoms with Crippen LogP contribution < -0.4 is 10.6 Å². The van der Waals surface area contributed by atoms with Crippen LogP contribution in [-0.2, 0) is 23.9 Å². The fourth-order valence-corrected chi connectivity index (χ4v) is 6.63. The number of rotatable bonds is 8. The lowest BCUT2D eigenvalue weighted by Gasteiger charge is -2.36. The largest absolute Gasteiger partial charge is 0.385 e. The van der Waals surface area contributed by atoms with E-state index in [1.807, 2.05) is 43.3 Å². The van der Waals surface area contributed by atoms with Crippen molar-refractivity contribution in [2.45, 2.75) is 69.7 Å². The molecule has 3 fully saturated rings. The Balaban J connectivity index is 1.42. The SMILES string of the molecule is COCCCN1C(=O)C2C(C(=O)Nc3cccc(C)c3)C3C=CC2(O3)C1C(=O)NC1CCCCC1C. The Morgan fingerprint density at radius 2 is 2.03 bits per heavy atom. The summed E-state index contributed by atoms with van der Waals surface area (Å²) in [5.41, 5.74) is 0.581. The molecule has 8 heteroatoms. The molecular formula is C28H37N3O5. The molecular weight excluding hydrogens is 458 g/mol. The third-order valence-electron chi connectivity index (χ3n) is 8.40. The minimum absolute atomic E-state index is 0.0839. The van der Waals surface area contributed by atoms with Crippen molar-refractivity contribution in [3.63, 3.8) is 0 Å². The standard InChI is InChI=1S/C28H37N3O5/c1-17-8-6-10-19(16-17)29-25(32)22-21-12-13-28(36-21)23(22)27(34)31(14-7-15-35-3)24(28)26(33)30-20-11-5-4-9-18(20)2/h6,8,10,12-13,16,18,20-24H,4-5,7,9,11,14-15H2,1-3H3,(H,29,32)(H,30,33). The van der Waals surface area contributed by atoms with E-state index in [1.165, 1.54) is 6.42 Å². The molecule has 1 spiro atoms. The van der Waals surface area contributed by atoms with Gasteiger partial charge in [0.2, 0.25) is 17.7 Å². The molecule has 2 bridgehead atoms. The summed E-state index contributed by atoms with van der Waals surface area (Å²) < 4.78 is 11.6. The number of carbonyl (C=O) groups excluding carboxylic acids is 3. The monoisotopic (exact) mass is 495 g/mol. The van der Waals surface area contributed by atoms with Crippen molar-refractivity contribution < 1.29 is 23.9 Å². The average Bonchev–Trinajstić information content (AvgIpc) is 3.48. The molecule has 5 rings (SSSR count). The first-order valence-electron chi connectivity index (χ1n) is 13.2. The first-order valence-corrected chi connectivity index (χ1v) is 13.2. The number of amides is 3. The molecule has 7 atom stereocenters. The number of likely N-dealkylation sites (tertiary alicyclic amines) is 1. The number of nitrogens with one attached hydrogen (secondary N) is 2. The lowest BCUT2D eigenvalue weighted by atomic mass is 9.74. The fourth-order valence-electron chi connectivity index (χ4n) is 6.63. The Kier molecular flexibility index (Phi) is 6.92. The molecule has 7 unspecified atom stereocenters. The summed E-state index contributed by atoms with van der Waals surface area (Å²) in [7, 11) is 1.62. The quantitative estimate of drug-likeness (QED) is 0.427. The van der Waals surface area contributed by atoms with Gasteiger partial charge in [0.15, 0.2) is 0 Å². The van der Waals surface area contributed by atoms with Gasteiger partial charge in [-0.15, -0.1) is 0 Å². The highest BCUT2D eigenvalue weighted by Gasteiger charge is 2.72. The Hall–Kier alpha value is -2.71. The normalized spacial score (nSPS) is 34.6. The zero-order valence-corrected chi connectivity index (χ0v) is 21.4. The maximum absolute atomic E-state index is 13.9. The van der Waals surface area contributed by atoms with Crippen molar-refractivity contribution in [3.8, 4) is 0 Å². The van der Waals surface area contributed by atoms with Crippen LogP contribution in [0.5, 0.6) is 0 Å². The predicted octanol–water partition coefficient (Wildman–Crippen LogP) is 2.82. The van der Waals surface area contributed by atoms with Gasteiger partial charge in [-0.3, -0.25) is 14.4 Å². The van der Waals surface area contributed by atoms with E-state index in [9.17, 15) is 14.4 Å². The van der Waals surface area contributed by atoms with E-state index < -0.39 is 29.6 Å². The van der Waals surface area contributed by atoms with Crippen LogP contribution in [0.2, 0.25) is 0 Å². The number of methoxy groups -OCH3 is 1. The number of nitrogens with zero attached hydrogens (tertiary/aromatic N) is 1. The predicted molar refractivity (Wildman–Crippen MR) is 135 cm³/mol. The number of benzene rings is 1. The number of ether oxygens (including phenoxy) is 2. The van der Waals surface area contributed by atoms with Crippen molar-refractivity contribution >= 4 is 23.4 Å². The molecule has 2 saturated heterocycles. The summed E-state index contributed by atoms with van der Waals surface area (Å²) in [5, 5.41) is 6.23. The summed E-state index contributed by atoms with van der Waals surface area (Å²) in [5.74, 6) is -1.68. The third kappa shape index (κ3) is 4.24.